The lowest BCUT2D eigenvalue weighted by atomic mass is 9.96. The fourth-order valence-corrected chi connectivity index (χ4v) is 1.56. The maximum atomic E-state index is 13.6. The highest BCUT2D eigenvalue weighted by Crippen LogP contribution is 2.32. The first-order chi connectivity index (χ1) is 6.74. The molecule has 1 heterocycles. The lowest BCUT2D eigenvalue weighted by Crippen LogP contribution is -2.36. The van der Waals surface area contributed by atoms with E-state index in [2.05, 4.69) is 5.32 Å². The van der Waals surface area contributed by atoms with E-state index in [-0.39, 0.29) is 17.4 Å². The average molecular weight is 199 g/mol. The lowest BCUT2D eigenvalue weighted by Gasteiger charge is -2.28. The smallest absolute Gasteiger partial charge is 0.172 e. The topological polar surface area (TPSA) is 21.3 Å². The van der Waals surface area contributed by atoms with E-state index in [4.69, 9.17) is 4.74 Å². The summed E-state index contributed by atoms with van der Waals surface area (Å²) in [4.78, 5) is 0. The van der Waals surface area contributed by atoms with E-state index in [0.717, 1.165) is 13.0 Å². The molecule has 0 aromatic heterocycles. The third-order valence-corrected chi connectivity index (χ3v) is 2.48. The molecule has 1 saturated heterocycles. The van der Waals surface area contributed by atoms with Gasteiger partial charge in [-0.05, 0) is 25.1 Å². The van der Waals surface area contributed by atoms with Crippen molar-refractivity contribution >= 4 is 0 Å². The Morgan fingerprint density at radius 3 is 2.64 bits per heavy atom. The normalized spacial score (nSPS) is 20.4. The van der Waals surface area contributed by atoms with Crippen molar-refractivity contribution < 1.29 is 13.5 Å². The van der Waals surface area contributed by atoms with Crippen molar-refractivity contribution in [1.82, 2.24) is 5.32 Å². The zero-order valence-corrected chi connectivity index (χ0v) is 7.81. The van der Waals surface area contributed by atoms with Gasteiger partial charge in [0.1, 0.15) is 5.82 Å². The minimum absolute atomic E-state index is 0.0927. The van der Waals surface area contributed by atoms with Gasteiger partial charge < -0.3 is 10.1 Å². The summed E-state index contributed by atoms with van der Waals surface area (Å²) < 4.78 is 31.7. The van der Waals surface area contributed by atoms with E-state index >= 15 is 0 Å². The van der Waals surface area contributed by atoms with Crippen LogP contribution in [0.1, 0.15) is 18.0 Å². The lowest BCUT2D eigenvalue weighted by molar-refractivity contribution is 0.337. The molecule has 1 aliphatic rings. The van der Waals surface area contributed by atoms with Gasteiger partial charge in [-0.15, -0.1) is 0 Å². The van der Waals surface area contributed by atoms with E-state index in [1.165, 1.54) is 19.2 Å². The predicted octanol–water partition coefficient (Wildman–Crippen LogP) is 2.01. The summed E-state index contributed by atoms with van der Waals surface area (Å²) in [7, 11) is 1.37. The molecular weight excluding hydrogens is 188 g/mol. The molecular formula is C10H11F2NO. The second-order valence-corrected chi connectivity index (χ2v) is 3.27. The summed E-state index contributed by atoms with van der Waals surface area (Å²) >= 11 is 0. The Morgan fingerprint density at radius 1 is 1.43 bits per heavy atom. The summed E-state index contributed by atoms with van der Waals surface area (Å²) in [6.07, 6.45) is 0.765. The Bertz CT molecular complexity index is 350. The SMILES string of the molecule is COc1ccc(F)c([C@H]2CCN2)c1F. The molecule has 0 aliphatic carbocycles. The number of methoxy groups -OCH3 is 1. The zero-order valence-electron chi connectivity index (χ0n) is 7.81. The molecule has 14 heavy (non-hydrogen) atoms. The molecule has 0 saturated carbocycles. The number of hydrogen-bond acceptors (Lipinski definition) is 2. The van der Waals surface area contributed by atoms with Crippen LogP contribution in [0.3, 0.4) is 0 Å². The highest BCUT2D eigenvalue weighted by Gasteiger charge is 2.27. The van der Waals surface area contributed by atoms with Crippen molar-refractivity contribution in [2.45, 2.75) is 12.5 Å². The molecule has 2 rings (SSSR count). The number of halogens is 2. The van der Waals surface area contributed by atoms with Gasteiger partial charge in [-0.2, -0.15) is 0 Å². The van der Waals surface area contributed by atoms with E-state index in [1.54, 1.807) is 0 Å². The van der Waals surface area contributed by atoms with E-state index < -0.39 is 11.6 Å². The largest absolute Gasteiger partial charge is 0.494 e. The Kier molecular flexibility index (Phi) is 2.37. The molecule has 0 unspecified atom stereocenters. The van der Waals surface area contributed by atoms with Crippen molar-refractivity contribution in [3.63, 3.8) is 0 Å². The van der Waals surface area contributed by atoms with Crippen LogP contribution >= 0.6 is 0 Å². The maximum Gasteiger partial charge on any atom is 0.172 e. The van der Waals surface area contributed by atoms with Crippen LogP contribution in [0, 0.1) is 11.6 Å². The van der Waals surface area contributed by atoms with Crippen LogP contribution in [0.2, 0.25) is 0 Å². The quantitative estimate of drug-likeness (QED) is 0.786. The third kappa shape index (κ3) is 1.35. The molecule has 0 amide bonds. The van der Waals surface area contributed by atoms with Gasteiger partial charge in [0.05, 0.1) is 7.11 Å². The van der Waals surface area contributed by atoms with Crippen LogP contribution in [0.15, 0.2) is 12.1 Å². The number of rotatable bonds is 2. The van der Waals surface area contributed by atoms with Crippen molar-refractivity contribution in [2.24, 2.45) is 0 Å². The maximum absolute atomic E-state index is 13.6. The van der Waals surface area contributed by atoms with Gasteiger partial charge in [0.2, 0.25) is 0 Å². The number of hydrogen-bond donors (Lipinski definition) is 1. The predicted molar refractivity (Wildman–Crippen MR) is 48.3 cm³/mol. The molecule has 2 nitrogen and oxygen atoms in total. The molecule has 1 aromatic rings. The van der Waals surface area contributed by atoms with Crippen LogP contribution < -0.4 is 10.1 Å². The molecule has 1 atom stereocenters. The van der Waals surface area contributed by atoms with Gasteiger partial charge in [-0.25, -0.2) is 8.78 Å². The molecule has 0 radical (unpaired) electrons. The average Bonchev–Trinajstić information content (AvgIpc) is 2.09. The van der Waals surface area contributed by atoms with Crippen molar-refractivity contribution in [3.05, 3.63) is 29.3 Å². The van der Waals surface area contributed by atoms with E-state index in [1.807, 2.05) is 0 Å². The second kappa shape index (κ2) is 3.53. The van der Waals surface area contributed by atoms with Crippen LogP contribution in [0.5, 0.6) is 5.75 Å². The molecule has 0 spiro atoms. The number of ether oxygens (including phenoxy) is 1. The summed E-state index contributed by atoms with van der Waals surface area (Å²) in [5.74, 6) is -1.01. The van der Waals surface area contributed by atoms with Gasteiger partial charge in [0.25, 0.3) is 0 Å². The first-order valence-corrected chi connectivity index (χ1v) is 4.49. The summed E-state index contributed by atoms with van der Waals surface area (Å²) in [5.41, 5.74) is 0.0931. The van der Waals surface area contributed by atoms with Gasteiger partial charge in [0.15, 0.2) is 11.6 Å². The minimum Gasteiger partial charge on any atom is -0.494 e. The van der Waals surface area contributed by atoms with Crippen LogP contribution in [-0.4, -0.2) is 13.7 Å². The molecule has 1 aromatic carbocycles. The number of nitrogens with one attached hydrogen (secondary N) is 1. The van der Waals surface area contributed by atoms with Gasteiger partial charge in [-0.1, -0.05) is 0 Å². The van der Waals surface area contributed by atoms with Gasteiger partial charge in [0, 0.05) is 11.6 Å². The van der Waals surface area contributed by atoms with Crippen molar-refractivity contribution in [3.8, 4) is 5.75 Å². The van der Waals surface area contributed by atoms with Crippen molar-refractivity contribution in [1.29, 1.82) is 0 Å². The Morgan fingerprint density at radius 2 is 2.14 bits per heavy atom. The Balaban J connectivity index is 2.44. The Labute approximate surface area is 80.9 Å². The summed E-state index contributed by atoms with van der Waals surface area (Å²) in [6.45, 7) is 0.806. The van der Waals surface area contributed by atoms with Crippen molar-refractivity contribution in [2.75, 3.05) is 13.7 Å². The van der Waals surface area contributed by atoms with Crippen LogP contribution in [-0.2, 0) is 0 Å². The molecule has 1 fully saturated rings. The highest BCUT2D eigenvalue weighted by atomic mass is 19.1. The Hall–Kier alpha value is -1.16. The second-order valence-electron chi connectivity index (χ2n) is 3.27. The number of benzene rings is 1. The minimum atomic E-state index is -0.593. The fourth-order valence-electron chi connectivity index (χ4n) is 1.56. The zero-order chi connectivity index (χ0) is 10.1. The third-order valence-electron chi connectivity index (χ3n) is 2.48. The van der Waals surface area contributed by atoms with Gasteiger partial charge in [-0.3, -0.25) is 0 Å². The highest BCUT2D eigenvalue weighted by molar-refractivity contribution is 5.35. The monoisotopic (exact) mass is 199 g/mol. The molecule has 4 heteroatoms. The molecule has 0 bridgehead atoms. The first kappa shape index (κ1) is 9.40. The molecule has 1 aliphatic heterocycles. The molecule has 76 valence electrons. The van der Waals surface area contributed by atoms with E-state index in [0.29, 0.717) is 0 Å². The first-order valence-electron chi connectivity index (χ1n) is 4.49. The van der Waals surface area contributed by atoms with Crippen LogP contribution in [0.25, 0.3) is 0 Å². The summed E-state index contributed by atoms with van der Waals surface area (Å²) in [6, 6.07) is 2.33. The van der Waals surface area contributed by atoms with Gasteiger partial charge >= 0.3 is 0 Å². The van der Waals surface area contributed by atoms with E-state index in [9.17, 15) is 8.78 Å². The fraction of sp³-hybridized carbons (Fsp3) is 0.400. The summed E-state index contributed by atoms with van der Waals surface area (Å²) in [5, 5.41) is 2.96. The molecule has 1 N–H and O–H groups in total. The van der Waals surface area contributed by atoms with Crippen LogP contribution in [0.4, 0.5) is 8.78 Å². The standard InChI is InChI=1S/C10H11F2NO/c1-14-8-3-2-6(11)9(10(8)12)7-4-5-13-7/h2-3,7,13H,4-5H2,1H3/t7-/m1/s1.